The van der Waals surface area contributed by atoms with Crippen molar-refractivity contribution in [2.45, 2.75) is 0 Å². The molecule has 1 aliphatic rings. The summed E-state index contributed by atoms with van der Waals surface area (Å²) in [4.78, 5) is 0. The van der Waals surface area contributed by atoms with Crippen LogP contribution in [0.25, 0.3) is 54.6 Å². The zero-order valence-electron chi connectivity index (χ0n) is 13.1. The van der Waals surface area contributed by atoms with Gasteiger partial charge in [0.2, 0.25) is 0 Å². The molecule has 6 rings (SSSR count). The summed E-state index contributed by atoms with van der Waals surface area (Å²) in [7, 11) is 0. The third kappa shape index (κ3) is 1.39. The minimum Gasteiger partial charge on any atom is -0.0616 e. The van der Waals surface area contributed by atoms with E-state index in [0.717, 1.165) is 0 Å². The van der Waals surface area contributed by atoms with Crippen molar-refractivity contribution in [3.05, 3.63) is 84.9 Å². The van der Waals surface area contributed by atoms with Gasteiger partial charge in [0, 0.05) is 0 Å². The van der Waals surface area contributed by atoms with Gasteiger partial charge < -0.3 is 0 Å². The van der Waals surface area contributed by atoms with Crippen LogP contribution in [0.3, 0.4) is 0 Å². The number of benzene rings is 5. The van der Waals surface area contributed by atoms with E-state index in [1.54, 1.807) is 0 Å². The second-order valence-electron chi connectivity index (χ2n) is 6.58. The molecule has 5 aromatic carbocycles. The van der Waals surface area contributed by atoms with Gasteiger partial charge in [-0.05, 0) is 54.6 Å². The van der Waals surface area contributed by atoms with Crippen molar-refractivity contribution in [2.24, 2.45) is 0 Å². The van der Waals surface area contributed by atoms with Crippen molar-refractivity contribution in [2.75, 3.05) is 0 Å². The maximum Gasteiger partial charge on any atom is -0.00199 e. The first kappa shape index (κ1) is 12.3. The summed E-state index contributed by atoms with van der Waals surface area (Å²) in [6.07, 6.45) is 0. The van der Waals surface area contributed by atoms with Crippen molar-refractivity contribution in [3.8, 4) is 22.3 Å². The van der Waals surface area contributed by atoms with E-state index in [1.165, 1.54) is 54.6 Å². The normalized spacial score (nSPS) is 12.2. The van der Waals surface area contributed by atoms with E-state index in [2.05, 4.69) is 84.9 Å². The molecular formula is C24H14. The molecule has 0 unspecified atom stereocenters. The lowest BCUT2D eigenvalue weighted by molar-refractivity contribution is 1.74. The van der Waals surface area contributed by atoms with Gasteiger partial charge >= 0.3 is 0 Å². The number of hydrogen-bond acceptors (Lipinski definition) is 0. The van der Waals surface area contributed by atoms with Crippen molar-refractivity contribution >= 4 is 32.3 Å². The highest BCUT2D eigenvalue weighted by Gasteiger charge is 2.23. The third-order valence-corrected chi connectivity index (χ3v) is 5.39. The molecule has 0 heterocycles. The highest BCUT2D eigenvalue weighted by atomic mass is 14.3. The Labute approximate surface area is 140 Å². The minimum atomic E-state index is 1.30. The SMILES string of the molecule is c1cc2c3c(cccc3c1)-c1c-2ccc2c1ccc1ccccc12. The van der Waals surface area contributed by atoms with Crippen molar-refractivity contribution in [1.82, 2.24) is 0 Å². The van der Waals surface area contributed by atoms with Gasteiger partial charge in [-0.1, -0.05) is 84.9 Å². The van der Waals surface area contributed by atoms with Crippen LogP contribution in [0.2, 0.25) is 0 Å². The topological polar surface area (TPSA) is 0 Å². The van der Waals surface area contributed by atoms with Crippen LogP contribution in [0, 0.1) is 0 Å². The van der Waals surface area contributed by atoms with Crippen molar-refractivity contribution in [1.29, 1.82) is 0 Å². The fraction of sp³-hybridized carbons (Fsp3) is 0. The van der Waals surface area contributed by atoms with Crippen molar-refractivity contribution in [3.63, 3.8) is 0 Å². The average Bonchev–Trinajstić information content (AvgIpc) is 2.98. The summed E-state index contributed by atoms with van der Waals surface area (Å²) in [6, 6.07) is 31.1. The molecule has 0 nitrogen and oxygen atoms in total. The first-order valence-electron chi connectivity index (χ1n) is 8.39. The molecule has 0 amide bonds. The van der Waals surface area contributed by atoms with Crippen LogP contribution in [0.1, 0.15) is 0 Å². The zero-order valence-corrected chi connectivity index (χ0v) is 13.1. The molecule has 5 aromatic rings. The molecule has 1 aliphatic carbocycles. The Bertz CT molecular complexity index is 1290. The molecule has 0 aromatic heterocycles. The van der Waals surface area contributed by atoms with E-state index in [1.807, 2.05) is 0 Å². The van der Waals surface area contributed by atoms with Gasteiger partial charge in [-0.15, -0.1) is 0 Å². The summed E-state index contributed by atoms with van der Waals surface area (Å²) < 4.78 is 0. The predicted molar refractivity (Wildman–Crippen MR) is 103 cm³/mol. The Morgan fingerprint density at radius 2 is 1.12 bits per heavy atom. The highest BCUT2D eigenvalue weighted by molar-refractivity contribution is 6.24. The van der Waals surface area contributed by atoms with E-state index in [4.69, 9.17) is 0 Å². The monoisotopic (exact) mass is 302 g/mol. The molecule has 0 aliphatic heterocycles. The van der Waals surface area contributed by atoms with Crippen LogP contribution < -0.4 is 0 Å². The molecule has 0 saturated carbocycles. The highest BCUT2D eigenvalue weighted by Crippen LogP contribution is 2.50. The van der Waals surface area contributed by atoms with Crippen LogP contribution in [0.4, 0.5) is 0 Å². The van der Waals surface area contributed by atoms with Gasteiger partial charge in [-0.2, -0.15) is 0 Å². The Balaban J connectivity index is 1.86. The van der Waals surface area contributed by atoms with E-state index in [-0.39, 0.29) is 0 Å². The van der Waals surface area contributed by atoms with E-state index in [9.17, 15) is 0 Å². The molecule has 0 radical (unpaired) electrons. The Hall–Kier alpha value is -3.12. The molecule has 0 heteroatoms. The Kier molecular flexibility index (Phi) is 2.18. The van der Waals surface area contributed by atoms with E-state index >= 15 is 0 Å². The largest absolute Gasteiger partial charge is 0.0616 e. The van der Waals surface area contributed by atoms with Gasteiger partial charge in [0.15, 0.2) is 0 Å². The van der Waals surface area contributed by atoms with Crippen LogP contribution in [-0.2, 0) is 0 Å². The zero-order chi connectivity index (χ0) is 15.7. The van der Waals surface area contributed by atoms with Gasteiger partial charge in [-0.3, -0.25) is 0 Å². The molecule has 110 valence electrons. The molecule has 0 atom stereocenters. The summed E-state index contributed by atoms with van der Waals surface area (Å²) in [5.41, 5.74) is 5.50. The van der Waals surface area contributed by atoms with E-state index in [0.29, 0.717) is 0 Å². The Morgan fingerprint density at radius 3 is 2.04 bits per heavy atom. The molecular weight excluding hydrogens is 288 g/mol. The first-order chi connectivity index (χ1) is 11.9. The Morgan fingerprint density at radius 1 is 0.375 bits per heavy atom. The number of rotatable bonds is 0. The fourth-order valence-corrected chi connectivity index (χ4v) is 4.38. The summed E-state index contributed by atoms with van der Waals surface area (Å²) in [5, 5.41) is 8.07. The first-order valence-corrected chi connectivity index (χ1v) is 8.39. The van der Waals surface area contributed by atoms with Crippen LogP contribution in [0.5, 0.6) is 0 Å². The fourth-order valence-electron chi connectivity index (χ4n) is 4.38. The molecule has 0 fully saturated rings. The minimum absolute atomic E-state index is 1.30. The summed E-state index contributed by atoms with van der Waals surface area (Å²) >= 11 is 0. The molecule has 24 heavy (non-hydrogen) atoms. The second-order valence-corrected chi connectivity index (χ2v) is 6.58. The lowest BCUT2D eigenvalue weighted by Gasteiger charge is -2.10. The van der Waals surface area contributed by atoms with E-state index < -0.39 is 0 Å². The van der Waals surface area contributed by atoms with Crippen molar-refractivity contribution < 1.29 is 0 Å². The average molecular weight is 302 g/mol. The summed E-state index contributed by atoms with van der Waals surface area (Å²) in [6.45, 7) is 0. The standard InChI is InChI=1S/C24H14/c1-2-8-17-15(5-1)11-12-20-18(17)13-14-21-19-9-3-6-16-7-4-10-22(23(16)19)24(20)21/h1-14H. The molecule has 0 bridgehead atoms. The van der Waals surface area contributed by atoms with Crippen LogP contribution in [0.15, 0.2) is 84.9 Å². The second kappa shape index (κ2) is 4.24. The van der Waals surface area contributed by atoms with Gasteiger partial charge in [-0.25, -0.2) is 0 Å². The molecule has 0 saturated heterocycles. The quantitative estimate of drug-likeness (QED) is 0.271. The van der Waals surface area contributed by atoms with Gasteiger partial charge in [0.05, 0.1) is 0 Å². The number of fused-ring (bicyclic) bond motifs is 7. The summed E-state index contributed by atoms with van der Waals surface area (Å²) in [5.74, 6) is 0. The lowest BCUT2D eigenvalue weighted by atomic mass is 9.93. The maximum absolute atomic E-state index is 2.30. The predicted octanol–water partition coefficient (Wildman–Crippen LogP) is 6.79. The maximum atomic E-state index is 2.30. The molecule has 0 N–H and O–H groups in total. The molecule has 0 spiro atoms. The van der Waals surface area contributed by atoms with Crippen LogP contribution >= 0.6 is 0 Å². The number of hydrogen-bond donors (Lipinski definition) is 0. The van der Waals surface area contributed by atoms with Gasteiger partial charge in [0.1, 0.15) is 0 Å². The lowest BCUT2D eigenvalue weighted by Crippen LogP contribution is -1.83. The van der Waals surface area contributed by atoms with Gasteiger partial charge in [0.25, 0.3) is 0 Å². The third-order valence-electron chi connectivity index (χ3n) is 5.39. The smallest absolute Gasteiger partial charge is 0.00199 e. The van der Waals surface area contributed by atoms with Crippen LogP contribution in [-0.4, -0.2) is 0 Å².